The third-order valence-corrected chi connectivity index (χ3v) is 4.31. The maximum absolute atomic E-state index is 5.70. The highest BCUT2D eigenvalue weighted by Gasteiger charge is 2.19. The van der Waals surface area contributed by atoms with Gasteiger partial charge in [0.05, 0.1) is 10.7 Å². The molecule has 0 radical (unpaired) electrons. The smallest absolute Gasteiger partial charge is 0.0965 e. The molecule has 3 nitrogen and oxygen atoms in total. The summed E-state index contributed by atoms with van der Waals surface area (Å²) in [6, 6.07) is 7.89. The number of benzene rings is 1. The lowest BCUT2D eigenvalue weighted by Gasteiger charge is -2.19. The fourth-order valence-electron chi connectivity index (χ4n) is 2.21. The molecule has 0 atom stereocenters. The Bertz CT molecular complexity index is 515. The second-order valence-corrected chi connectivity index (χ2v) is 5.47. The Kier molecular flexibility index (Phi) is 3.30. The Morgan fingerprint density at radius 2 is 1.89 bits per heavy atom. The van der Waals surface area contributed by atoms with E-state index in [1.54, 1.807) is 11.3 Å². The molecule has 0 aliphatic carbocycles. The highest BCUT2D eigenvalue weighted by atomic mass is 32.1. The highest BCUT2D eigenvalue weighted by molar-refractivity contribution is 7.10. The van der Waals surface area contributed by atoms with Crippen molar-refractivity contribution in [2.24, 2.45) is 0 Å². The number of ether oxygens (including phenoxy) is 1. The molecule has 1 aliphatic rings. The molecule has 94 valence electrons. The van der Waals surface area contributed by atoms with Crippen LogP contribution in [0.2, 0.25) is 0 Å². The van der Waals surface area contributed by atoms with Gasteiger partial charge >= 0.3 is 0 Å². The molecule has 0 bridgehead atoms. The summed E-state index contributed by atoms with van der Waals surface area (Å²) >= 11 is 1.76. The molecule has 0 amide bonds. The Morgan fingerprint density at radius 1 is 1.17 bits per heavy atom. The molecule has 0 saturated carbocycles. The van der Waals surface area contributed by atoms with E-state index in [4.69, 9.17) is 15.5 Å². The second-order valence-electron chi connectivity index (χ2n) is 4.58. The molecule has 1 fully saturated rings. The molecule has 1 aromatic carbocycles. The van der Waals surface area contributed by atoms with E-state index in [0.29, 0.717) is 5.92 Å². The van der Waals surface area contributed by atoms with Crippen molar-refractivity contribution in [1.29, 1.82) is 0 Å². The lowest BCUT2D eigenvalue weighted by atomic mass is 10.0. The number of nitrogen functional groups attached to an aromatic ring is 1. The Labute approximate surface area is 111 Å². The van der Waals surface area contributed by atoms with Crippen LogP contribution in [0.3, 0.4) is 0 Å². The van der Waals surface area contributed by atoms with Crippen LogP contribution < -0.4 is 5.73 Å². The number of rotatable bonds is 2. The van der Waals surface area contributed by atoms with Gasteiger partial charge in [-0.05, 0) is 25.0 Å². The van der Waals surface area contributed by atoms with Crippen LogP contribution >= 0.6 is 11.3 Å². The van der Waals surface area contributed by atoms with E-state index in [9.17, 15) is 0 Å². The van der Waals surface area contributed by atoms with Gasteiger partial charge in [0, 0.05) is 35.8 Å². The number of aromatic nitrogens is 1. The molecular weight excluding hydrogens is 244 g/mol. The highest BCUT2D eigenvalue weighted by Crippen LogP contribution is 2.32. The van der Waals surface area contributed by atoms with Crippen molar-refractivity contribution in [3.8, 4) is 11.3 Å². The predicted octanol–water partition coefficient (Wildman–Crippen LogP) is 3.29. The van der Waals surface area contributed by atoms with E-state index in [0.717, 1.165) is 43.0 Å². The number of nitrogens with two attached hydrogens (primary N) is 1. The molecule has 1 aromatic heterocycles. The first-order valence-corrected chi connectivity index (χ1v) is 7.10. The lowest BCUT2D eigenvalue weighted by molar-refractivity contribution is 0.0853. The monoisotopic (exact) mass is 260 g/mol. The zero-order valence-corrected chi connectivity index (χ0v) is 11.0. The Morgan fingerprint density at radius 3 is 2.61 bits per heavy atom. The van der Waals surface area contributed by atoms with Gasteiger partial charge in [-0.3, -0.25) is 0 Å². The SMILES string of the molecule is Nc1ccc(-c2csc(C3CCOCC3)n2)cc1. The standard InChI is InChI=1S/C14H16N2OS/c15-12-3-1-10(2-4-12)13-9-18-14(16-13)11-5-7-17-8-6-11/h1-4,9,11H,5-8,15H2. The minimum absolute atomic E-state index is 0.575. The largest absolute Gasteiger partial charge is 0.399 e. The average molecular weight is 260 g/mol. The molecule has 1 saturated heterocycles. The van der Waals surface area contributed by atoms with Gasteiger partial charge in [0.15, 0.2) is 0 Å². The van der Waals surface area contributed by atoms with Gasteiger partial charge in [-0.2, -0.15) is 0 Å². The van der Waals surface area contributed by atoms with E-state index in [-0.39, 0.29) is 0 Å². The zero-order chi connectivity index (χ0) is 12.4. The topological polar surface area (TPSA) is 48.1 Å². The number of hydrogen-bond acceptors (Lipinski definition) is 4. The van der Waals surface area contributed by atoms with Gasteiger partial charge in [-0.25, -0.2) is 4.98 Å². The first-order chi connectivity index (χ1) is 8.83. The van der Waals surface area contributed by atoms with Gasteiger partial charge in [-0.15, -0.1) is 11.3 Å². The van der Waals surface area contributed by atoms with Crippen molar-refractivity contribution < 1.29 is 4.74 Å². The van der Waals surface area contributed by atoms with Crippen molar-refractivity contribution in [1.82, 2.24) is 4.98 Å². The molecule has 0 unspecified atom stereocenters. The molecule has 18 heavy (non-hydrogen) atoms. The zero-order valence-electron chi connectivity index (χ0n) is 10.1. The maximum atomic E-state index is 5.70. The van der Waals surface area contributed by atoms with Crippen LogP contribution in [0.25, 0.3) is 11.3 Å². The van der Waals surface area contributed by atoms with Crippen LogP contribution in [0.5, 0.6) is 0 Å². The fourth-order valence-corrected chi connectivity index (χ4v) is 3.21. The summed E-state index contributed by atoms with van der Waals surface area (Å²) in [5, 5.41) is 3.38. The van der Waals surface area contributed by atoms with Crippen molar-refractivity contribution in [2.75, 3.05) is 18.9 Å². The first-order valence-electron chi connectivity index (χ1n) is 6.22. The second kappa shape index (κ2) is 5.08. The van der Waals surface area contributed by atoms with Crippen LogP contribution in [0.4, 0.5) is 5.69 Å². The quantitative estimate of drug-likeness (QED) is 0.843. The van der Waals surface area contributed by atoms with Crippen LogP contribution in [-0.4, -0.2) is 18.2 Å². The summed E-state index contributed by atoms with van der Waals surface area (Å²) < 4.78 is 5.39. The van der Waals surface area contributed by atoms with Gasteiger partial charge in [0.1, 0.15) is 0 Å². The van der Waals surface area contributed by atoms with E-state index in [1.165, 1.54) is 5.01 Å². The molecule has 4 heteroatoms. The summed E-state index contributed by atoms with van der Waals surface area (Å²) in [6.45, 7) is 1.73. The summed E-state index contributed by atoms with van der Waals surface area (Å²) in [6.07, 6.45) is 2.18. The Hall–Kier alpha value is -1.39. The van der Waals surface area contributed by atoms with E-state index < -0.39 is 0 Å². The number of nitrogens with zero attached hydrogens (tertiary/aromatic N) is 1. The number of hydrogen-bond donors (Lipinski definition) is 1. The van der Waals surface area contributed by atoms with E-state index in [2.05, 4.69) is 5.38 Å². The average Bonchev–Trinajstić information content (AvgIpc) is 2.90. The number of anilines is 1. The lowest BCUT2D eigenvalue weighted by Crippen LogP contribution is -2.13. The van der Waals surface area contributed by atoms with Crippen LogP contribution in [0, 0.1) is 0 Å². The minimum Gasteiger partial charge on any atom is -0.399 e. The van der Waals surface area contributed by atoms with Gasteiger partial charge in [0.2, 0.25) is 0 Å². The van der Waals surface area contributed by atoms with Crippen molar-refractivity contribution >= 4 is 17.0 Å². The maximum Gasteiger partial charge on any atom is 0.0965 e. The normalized spacial score (nSPS) is 16.9. The minimum atomic E-state index is 0.575. The molecule has 2 aromatic rings. The van der Waals surface area contributed by atoms with Gasteiger partial charge in [0.25, 0.3) is 0 Å². The molecular formula is C14H16N2OS. The van der Waals surface area contributed by atoms with Crippen molar-refractivity contribution in [2.45, 2.75) is 18.8 Å². The molecule has 0 spiro atoms. The summed E-state index contributed by atoms with van der Waals surface area (Å²) in [5.41, 5.74) is 8.68. The van der Waals surface area contributed by atoms with Crippen LogP contribution in [0.15, 0.2) is 29.6 Å². The third-order valence-electron chi connectivity index (χ3n) is 3.30. The third kappa shape index (κ3) is 2.40. The molecule has 2 N–H and O–H groups in total. The molecule has 3 rings (SSSR count). The van der Waals surface area contributed by atoms with Crippen LogP contribution in [-0.2, 0) is 4.74 Å². The van der Waals surface area contributed by atoms with Crippen molar-refractivity contribution in [3.05, 3.63) is 34.7 Å². The van der Waals surface area contributed by atoms with Crippen molar-refractivity contribution in [3.63, 3.8) is 0 Å². The van der Waals surface area contributed by atoms with E-state index >= 15 is 0 Å². The summed E-state index contributed by atoms with van der Waals surface area (Å²) in [5.74, 6) is 0.575. The Balaban J connectivity index is 1.82. The van der Waals surface area contributed by atoms with Gasteiger partial charge < -0.3 is 10.5 Å². The van der Waals surface area contributed by atoms with Gasteiger partial charge in [-0.1, -0.05) is 12.1 Å². The molecule has 2 heterocycles. The summed E-state index contributed by atoms with van der Waals surface area (Å²) in [7, 11) is 0. The predicted molar refractivity (Wildman–Crippen MR) is 74.8 cm³/mol. The first kappa shape index (κ1) is 11.7. The fraction of sp³-hybridized carbons (Fsp3) is 0.357. The number of thiazole rings is 1. The summed E-state index contributed by atoms with van der Waals surface area (Å²) in [4.78, 5) is 4.76. The van der Waals surface area contributed by atoms with E-state index in [1.807, 2.05) is 24.3 Å². The van der Waals surface area contributed by atoms with Crippen LogP contribution in [0.1, 0.15) is 23.8 Å². The molecule has 1 aliphatic heterocycles.